The number of aryl methyl sites for hydroxylation is 1. The fourth-order valence-electron chi connectivity index (χ4n) is 3.94. The number of pyridine rings is 1. The molecule has 0 aliphatic carbocycles. The lowest BCUT2D eigenvalue weighted by molar-refractivity contribution is -0.125. The minimum Gasteiger partial charge on any atom is -0.496 e. The molecule has 0 radical (unpaired) electrons. The standard InChI is InChI=1S/C24H24FN3O3/c1-31-20-6-2-5-19(25)23(20)17-4-3-12-28(13-11-17)22(30)10-7-16-14-18-8-9-21(29)27-24(18)26-15-16/h2,4-7,10,14-15H,3,8-9,11-13H2,1H3,(H,26,27,29)/b10-7+. The van der Waals surface area contributed by atoms with Crippen molar-refractivity contribution in [3.63, 3.8) is 0 Å². The van der Waals surface area contributed by atoms with Crippen LogP contribution in [-0.2, 0) is 16.0 Å². The van der Waals surface area contributed by atoms with Crippen molar-refractivity contribution < 1.29 is 18.7 Å². The van der Waals surface area contributed by atoms with Crippen LogP contribution in [0.2, 0.25) is 0 Å². The van der Waals surface area contributed by atoms with Gasteiger partial charge in [0, 0.05) is 31.8 Å². The van der Waals surface area contributed by atoms with Crippen molar-refractivity contribution in [2.45, 2.75) is 25.7 Å². The van der Waals surface area contributed by atoms with E-state index in [9.17, 15) is 14.0 Å². The van der Waals surface area contributed by atoms with E-state index in [2.05, 4.69) is 10.3 Å². The number of benzene rings is 1. The largest absolute Gasteiger partial charge is 0.496 e. The molecule has 4 rings (SSSR count). The molecule has 0 atom stereocenters. The Hall–Kier alpha value is -3.48. The molecule has 0 bridgehead atoms. The van der Waals surface area contributed by atoms with Gasteiger partial charge in [-0.3, -0.25) is 9.59 Å². The minimum atomic E-state index is -0.318. The summed E-state index contributed by atoms with van der Waals surface area (Å²) in [5.41, 5.74) is 3.11. The van der Waals surface area contributed by atoms with Crippen LogP contribution >= 0.6 is 0 Å². The Morgan fingerprint density at radius 2 is 2.13 bits per heavy atom. The van der Waals surface area contributed by atoms with Gasteiger partial charge in [0.15, 0.2) is 0 Å². The molecule has 31 heavy (non-hydrogen) atoms. The Labute approximate surface area is 180 Å². The number of nitrogens with one attached hydrogen (secondary N) is 1. The molecule has 160 valence electrons. The molecule has 2 amide bonds. The van der Waals surface area contributed by atoms with E-state index in [1.165, 1.54) is 13.2 Å². The molecule has 1 aromatic heterocycles. The van der Waals surface area contributed by atoms with Crippen LogP contribution in [0.25, 0.3) is 11.6 Å². The summed E-state index contributed by atoms with van der Waals surface area (Å²) in [7, 11) is 1.53. The molecule has 0 fully saturated rings. The van der Waals surface area contributed by atoms with Crippen LogP contribution in [0.3, 0.4) is 0 Å². The van der Waals surface area contributed by atoms with Gasteiger partial charge in [0.2, 0.25) is 11.8 Å². The summed E-state index contributed by atoms with van der Waals surface area (Å²) < 4.78 is 19.7. The Morgan fingerprint density at radius 1 is 1.26 bits per heavy atom. The van der Waals surface area contributed by atoms with Gasteiger partial charge in [-0.25, -0.2) is 9.37 Å². The van der Waals surface area contributed by atoms with E-state index in [0.29, 0.717) is 55.9 Å². The number of hydrogen-bond acceptors (Lipinski definition) is 4. The summed E-state index contributed by atoms with van der Waals surface area (Å²) in [5.74, 6) is 0.652. The van der Waals surface area contributed by atoms with Crippen molar-refractivity contribution in [1.82, 2.24) is 9.88 Å². The van der Waals surface area contributed by atoms with Gasteiger partial charge in [-0.2, -0.15) is 0 Å². The molecule has 0 saturated carbocycles. The molecule has 1 N–H and O–H groups in total. The molecule has 6 nitrogen and oxygen atoms in total. The molecule has 1 aromatic carbocycles. The molecule has 0 unspecified atom stereocenters. The summed E-state index contributed by atoms with van der Waals surface area (Å²) in [5, 5.41) is 2.75. The van der Waals surface area contributed by atoms with E-state index >= 15 is 0 Å². The average molecular weight is 421 g/mol. The molecule has 2 aliphatic rings. The second-order valence-corrected chi connectivity index (χ2v) is 7.57. The maximum Gasteiger partial charge on any atom is 0.246 e. The number of amides is 2. The Balaban J connectivity index is 1.42. The maximum absolute atomic E-state index is 14.4. The highest BCUT2D eigenvalue weighted by molar-refractivity contribution is 5.94. The number of rotatable bonds is 4. The van der Waals surface area contributed by atoms with Crippen LogP contribution in [-0.4, -0.2) is 41.9 Å². The first-order valence-corrected chi connectivity index (χ1v) is 10.3. The van der Waals surface area contributed by atoms with Gasteiger partial charge in [0.05, 0.1) is 12.7 Å². The summed E-state index contributed by atoms with van der Waals surface area (Å²) in [6.45, 7) is 1.07. The summed E-state index contributed by atoms with van der Waals surface area (Å²) in [6, 6.07) is 6.73. The van der Waals surface area contributed by atoms with Crippen molar-refractivity contribution in [3.05, 3.63) is 65.1 Å². The van der Waals surface area contributed by atoms with Gasteiger partial charge < -0.3 is 15.0 Å². The quantitative estimate of drug-likeness (QED) is 0.762. The number of fused-ring (bicyclic) bond motifs is 1. The zero-order chi connectivity index (χ0) is 21.8. The molecule has 7 heteroatoms. The molecule has 2 aromatic rings. The first-order valence-electron chi connectivity index (χ1n) is 10.3. The van der Waals surface area contributed by atoms with Crippen LogP contribution in [0, 0.1) is 5.82 Å². The number of halogens is 1. The number of anilines is 1. The summed E-state index contributed by atoms with van der Waals surface area (Å²) >= 11 is 0. The smallest absolute Gasteiger partial charge is 0.246 e. The zero-order valence-electron chi connectivity index (χ0n) is 17.4. The lowest BCUT2D eigenvalue weighted by Gasteiger charge is -2.19. The van der Waals surface area contributed by atoms with E-state index in [-0.39, 0.29) is 17.6 Å². The van der Waals surface area contributed by atoms with E-state index in [4.69, 9.17) is 4.74 Å². The molecular formula is C24H24FN3O3. The predicted octanol–water partition coefficient (Wildman–Crippen LogP) is 3.83. The van der Waals surface area contributed by atoms with Gasteiger partial charge in [-0.15, -0.1) is 0 Å². The zero-order valence-corrected chi connectivity index (χ0v) is 17.4. The van der Waals surface area contributed by atoms with E-state index in [1.807, 2.05) is 12.1 Å². The van der Waals surface area contributed by atoms with Crippen molar-refractivity contribution >= 4 is 29.3 Å². The normalized spacial score (nSPS) is 16.4. The van der Waals surface area contributed by atoms with Crippen LogP contribution in [0.5, 0.6) is 5.75 Å². The second kappa shape index (κ2) is 9.12. The van der Waals surface area contributed by atoms with Crippen molar-refractivity contribution in [3.8, 4) is 5.75 Å². The highest BCUT2D eigenvalue weighted by Crippen LogP contribution is 2.32. The van der Waals surface area contributed by atoms with Gasteiger partial charge in [0.25, 0.3) is 0 Å². The predicted molar refractivity (Wildman–Crippen MR) is 117 cm³/mol. The third kappa shape index (κ3) is 4.66. The van der Waals surface area contributed by atoms with Crippen LogP contribution in [0.15, 0.2) is 42.6 Å². The van der Waals surface area contributed by atoms with Gasteiger partial charge >= 0.3 is 0 Å². The second-order valence-electron chi connectivity index (χ2n) is 7.57. The van der Waals surface area contributed by atoms with Crippen molar-refractivity contribution in [1.29, 1.82) is 0 Å². The van der Waals surface area contributed by atoms with Gasteiger partial charge in [-0.05, 0) is 60.2 Å². The lowest BCUT2D eigenvalue weighted by atomic mass is 10.0. The fraction of sp³-hybridized carbons (Fsp3) is 0.292. The number of nitrogens with zero attached hydrogens (tertiary/aromatic N) is 2. The number of methoxy groups -OCH3 is 1. The highest BCUT2D eigenvalue weighted by Gasteiger charge is 2.20. The van der Waals surface area contributed by atoms with Crippen molar-refractivity contribution in [2.24, 2.45) is 0 Å². The average Bonchev–Trinajstić information content (AvgIpc) is 3.03. The maximum atomic E-state index is 14.4. The molecular weight excluding hydrogens is 397 g/mol. The third-order valence-electron chi connectivity index (χ3n) is 5.55. The first-order chi connectivity index (χ1) is 15.0. The molecule has 0 saturated heterocycles. The van der Waals surface area contributed by atoms with E-state index < -0.39 is 0 Å². The fourth-order valence-corrected chi connectivity index (χ4v) is 3.94. The van der Waals surface area contributed by atoms with Crippen LogP contribution < -0.4 is 10.1 Å². The Morgan fingerprint density at radius 3 is 2.97 bits per heavy atom. The number of ether oxygens (including phenoxy) is 1. The number of aromatic nitrogens is 1. The minimum absolute atomic E-state index is 0.0272. The Bertz CT molecular complexity index is 1080. The SMILES string of the molecule is COc1cccc(F)c1C1=CCCN(C(=O)/C=C/c2cnc3c(c2)CCC(=O)N3)CC1. The number of carbonyl (C=O) groups excluding carboxylic acids is 2. The summed E-state index contributed by atoms with van der Waals surface area (Å²) in [6.07, 6.45) is 9.19. The molecule has 0 spiro atoms. The highest BCUT2D eigenvalue weighted by atomic mass is 19.1. The topological polar surface area (TPSA) is 71.5 Å². The Kier molecular flexibility index (Phi) is 6.11. The lowest BCUT2D eigenvalue weighted by Crippen LogP contribution is -2.30. The molecule has 3 heterocycles. The van der Waals surface area contributed by atoms with E-state index in [1.54, 1.807) is 35.4 Å². The van der Waals surface area contributed by atoms with Crippen LogP contribution in [0.1, 0.15) is 36.0 Å². The molecule has 2 aliphatic heterocycles. The number of carbonyl (C=O) groups is 2. The van der Waals surface area contributed by atoms with E-state index in [0.717, 1.165) is 16.7 Å². The number of hydrogen-bond donors (Lipinski definition) is 1. The third-order valence-corrected chi connectivity index (χ3v) is 5.55. The van der Waals surface area contributed by atoms with Crippen molar-refractivity contribution in [2.75, 3.05) is 25.5 Å². The monoisotopic (exact) mass is 421 g/mol. The van der Waals surface area contributed by atoms with Crippen LogP contribution in [0.4, 0.5) is 10.2 Å². The summed E-state index contributed by atoms with van der Waals surface area (Å²) in [4.78, 5) is 30.2. The van der Waals surface area contributed by atoms with Gasteiger partial charge in [-0.1, -0.05) is 12.1 Å². The first kappa shape index (κ1) is 20.8. The van der Waals surface area contributed by atoms with Gasteiger partial charge in [0.1, 0.15) is 17.4 Å².